The molecule has 6 rings (SSSR count). The summed E-state index contributed by atoms with van der Waals surface area (Å²) in [6, 6.07) is 13.8. The number of rotatable bonds is 5. The van der Waals surface area contributed by atoms with Gasteiger partial charge in [0.25, 0.3) is 0 Å². The third-order valence-electron chi connectivity index (χ3n) is 7.10. The molecule has 1 N–H and O–H groups in total. The lowest BCUT2D eigenvalue weighted by Crippen LogP contribution is -2.30. The van der Waals surface area contributed by atoms with Crippen molar-refractivity contribution >= 4 is 22.5 Å². The molecular formula is C26H26N6O2. The second-order valence-electron chi connectivity index (χ2n) is 9.43. The zero-order valence-corrected chi connectivity index (χ0v) is 19.4. The van der Waals surface area contributed by atoms with Crippen molar-refractivity contribution in [1.29, 1.82) is 0 Å². The van der Waals surface area contributed by atoms with E-state index in [2.05, 4.69) is 27.2 Å². The molecule has 2 atom stereocenters. The van der Waals surface area contributed by atoms with Crippen molar-refractivity contribution in [3.05, 3.63) is 55.0 Å². The number of piperidine rings is 1. The van der Waals surface area contributed by atoms with E-state index in [9.17, 15) is 4.79 Å². The number of aromatic nitrogens is 4. The van der Waals surface area contributed by atoms with Crippen LogP contribution in [0.1, 0.15) is 6.42 Å². The summed E-state index contributed by atoms with van der Waals surface area (Å²) in [7, 11) is 5.58. The van der Waals surface area contributed by atoms with E-state index in [0.29, 0.717) is 17.4 Å². The van der Waals surface area contributed by atoms with Crippen LogP contribution in [-0.4, -0.2) is 57.8 Å². The maximum atomic E-state index is 13.3. The number of likely N-dealkylation sites (tertiary alicyclic amines) is 1. The number of hydrogen-bond donors (Lipinski definition) is 1. The number of carbonyl (C=O) groups excluding carboxylic acids is 1. The van der Waals surface area contributed by atoms with Gasteiger partial charge in [-0.15, -0.1) is 0 Å². The van der Waals surface area contributed by atoms with Crippen molar-refractivity contribution in [2.75, 3.05) is 32.6 Å². The number of nitrogens with zero attached hydrogens (tertiary/aromatic N) is 5. The van der Waals surface area contributed by atoms with Crippen LogP contribution in [0.3, 0.4) is 0 Å². The highest BCUT2D eigenvalue weighted by Crippen LogP contribution is 2.58. The van der Waals surface area contributed by atoms with Crippen LogP contribution in [0.25, 0.3) is 33.4 Å². The normalized spacial score (nSPS) is 21.4. The Balaban J connectivity index is 1.45. The minimum absolute atomic E-state index is 0.0595. The van der Waals surface area contributed by atoms with Crippen molar-refractivity contribution in [2.45, 2.75) is 6.42 Å². The Morgan fingerprint density at radius 3 is 2.71 bits per heavy atom. The fraction of sp³-hybridized carbons (Fsp3) is 0.308. The summed E-state index contributed by atoms with van der Waals surface area (Å²) in [5, 5.41) is 8.69. The quantitative estimate of drug-likeness (QED) is 0.496. The molecule has 1 saturated heterocycles. The molecule has 172 valence electrons. The third-order valence-corrected chi connectivity index (χ3v) is 7.10. The zero-order chi connectivity index (χ0) is 23.4. The number of amides is 1. The molecule has 1 aliphatic heterocycles. The van der Waals surface area contributed by atoms with Crippen LogP contribution >= 0.6 is 0 Å². The van der Waals surface area contributed by atoms with Crippen LogP contribution in [-0.2, 0) is 11.8 Å². The fourth-order valence-electron chi connectivity index (χ4n) is 5.37. The molecule has 2 fully saturated rings. The smallest absolute Gasteiger partial charge is 0.232 e. The molecule has 2 aliphatic rings. The van der Waals surface area contributed by atoms with Gasteiger partial charge in [0.15, 0.2) is 0 Å². The molecule has 1 amide bonds. The highest BCUT2D eigenvalue weighted by molar-refractivity contribution is 6.04. The van der Waals surface area contributed by atoms with E-state index < -0.39 is 0 Å². The average molecular weight is 455 g/mol. The number of carbonyl (C=O) groups is 1. The van der Waals surface area contributed by atoms with Gasteiger partial charge >= 0.3 is 0 Å². The lowest BCUT2D eigenvalue weighted by atomic mass is 10.0. The molecule has 34 heavy (non-hydrogen) atoms. The first-order chi connectivity index (χ1) is 16.5. The van der Waals surface area contributed by atoms with Gasteiger partial charge < -0.3 is 15.0 Å². The van der Waals surface area contributed by atoms with Crippen molar-refractivity contribution in [2.24, 2.45) is 18.4 Å². The molecular weight excluding hydrogens is 428 g/mol. The van der Waals surface area contributed by atoms with Crippen LogP contribution in [0.4, 0.5) is 5.69 Å². The molecule has 8 heteroatoms. The Kier molecular flexibility index (Phi) is 4.67. The number of aryl methyl sites for hydroxylation is 1. The standard InChI is InChI=1S/C26H26N6O2/c1-31-12-17-11-26(17,14-31)25(33)29-21-9-18-20(10-22(21)34-3)27-15-28-24(18)19-13-32(2)30-23(19)16-7-5-4-6-8-16/h4-10,13,15,17H,11-12,14H2,1-3H3,(H,29,33)/t17-,26-/m0/s1. The minimum atomic E-state index is -0.283. The molecule has 1 saturated carbocycles. The monoisotopic (exact) mass is 454 g/mol. The van der Waals surface area contributed by atoms with E-state index in [-0.39, 0.29) is 11.3 Å². The van der Waals surface area contributed by atoms with Crippen LogP contribution in [0, 0.1) is 11.3 Å². The molecule has 4 aromatic rings. The second kappa shape index (κ2) is 7.63. The Morgan fingerprint density at radius 1 is 1.15 bits per heavy atom. The predicted molar refractivity (Wildman–Crippen MR) is 130 cm³/mol. The van der Waals surface area contributed by atoms with Gasteiger partial charge in [-0.25, -0.2) is 9.97 Å². The lowest BCUT2D eigenvalue weighted by Gasteiger charge is -2.18. The van der Waals surface area contributed by atoms with Gasteiger partial charge in [0.2, 0.25) is 5.91 Å². The van der Waals surface area contributed by atoms with E-state index in [0.717, 1.165) is 52.9 Å². The second-order valence-corrected chi connectivity index (χ2v) is 9.43. The van der Waals surface area contributed by atoms with Crippen LogP contribution in [0.5, 0.6) is 5.75 Å². The highest BCUT2D eigenvalue weighted by Gasteiger charge is 2.64. The molecule has 0 bridgehead atoms. The molecule has 3 heterocycles. The Morgan fingerprint density at radius 2 is 1.97 bits per heavy atom. The molecule has 0 radical (unpaired) electrons. The van der Waals surface area contributed by atoms with E-state index in [1.807, 2.05) is 55.7 Å². The van der Waals surface area contributed by atoms with Gasteiger partial charge in [-0.3, -0.25) is 9.48 Å². The summed E-state index contributed by atoms with van der Waals surface area (Å²) < 4.78 is 7.42. The number of hydrogen-bond acceptors (Lipinski definition) is 6. The van der Waals surface area contributed by atoms with E-state index in [1.165, 1.54) is 0 Å². The number of ether oxygens (including phenoxy) is 1. The summed E-state index contributed by atoms with van der Waals surface area (Å²) in [5.41, 5.74) is 4.62. The number of fused-ring (bicyclic) bond motifs is 2. The fourth-order valence-corrected chi connectivity index (χ4v) is 5.37. The Bertz CT molecular complexity index is 1420. The van der Waals surface area contributed by atoms with E-state index in [4.69, 9.17) is 9.84 Å². The molecule has 2 aromatic heterocycles. The predicted octanol–water partition coefficient (Wildman–Crippen LogP) is 3.60. The molecule has 0 spiro atoms. The molecule has 8 nitrogen and oxygen atoms in total. The van der Waals surface area contributed by atoms with E-state index in [1.54, 1.807) is 18.1 Å². The first kappa shape index (κ1) is 20.8. The SMILES string of the molecule is COc1cc2ncnc(-c3cn(C)nc3-c3ccccc3)c2cc1NC(=O)[C@]12C[C@H]1CN(C)C2. The number of nitrogens with one attached hydrogen (secondary N) is 1. The Labute approximate surface area is 197 Å². The van der Waals surface area contributed by atoms with Crippen LogP contribution in [0.15, 0.2) is 55.0 Å². The first-order valence-corrected chi connectivity index (χ1v) is 11.4. The summed E-state index contributed by atoms with van der Waals surface area (Å²) in [6.45, 7) is 1.77. The van der Waals surface area contributed by atoms with Crippen molar-refractivity contribution in [3.8, 4) is 28.3 Å². The van der Waals surface area contributed by atoms with Gasteiger partial charge in [0, 0.05) is 48.9 Å². The van der Waals surface area contributed by atoms with Gasteiger partial charge in [-0.05, 0) is 25.5 Å². The number of benzene rings is 2. The summed E-state index contributed by atoms with van der Waals surface area (Å²) in [6.07, 6.45) is 4.47. The molecule has 2 aromatic carbocycles. The van der Waals surface area contributed by atoms with Gasteiger partial charge in [0.05, 0.1) is 29.4 Å². The third kappa shape index (κ3) is 3.25. The van der Waals surface area contributed by atoms with Crippen LogP contribution < -0.4 is 10.1 Å². The highest BCUT2D eigenvalue weighted by atomic mass is 16.5. The van der Waals surface area contributed by atoms with Gasteiger partial charge in [-0.2, -0.15) is 5.10 Å². The van der Waals surface area contributed by atoms with E-state index >= 15 is 0 Å². The summed E-state index contributed by atoms with van der Waals surface area (Å²) in [4.78, 5) is 24.6. The van der Waals surface area contributed by atoms with Crippen molar-refractivity contribution in [1.82, 2.24) is 24.6 Å². The topological polar surface area (TPSA) is 85.2 Å². The van der Waals surface area contributed by atoms with Gasteiger partial charge in [0.1, 0.15) is 17.8 Å². The lowest BCUT2D eigenvalue weighted by molar-refractivity contribution is -0.121. The zero-order valence-electron chi connectivity index (χ0n) is 19.4. The molecule has 0 unspecified atom stereocenters. The number of anilines is 1. The number of methoxy groups -OCH3 is 1. The van der Waals surface area contributed by atoms with Gasteiger partial charge in [-0.1, -0.05) is 30.3 Å². The largest absolute Gasteiger partial charge is 0.494 e. The van der Waals surface area contributed by atoms with Crippen LogP contribution in [0.2, 0.25) is 0 Å². The summed E-state index contributed by atoms with van der Waals surface area (Å²) >= 11 is 0. The molecule has 1 aliphatic carbocycles. The van der Waals surface area contributed by atoms with Crippen molar-refractivity contribution in [3.63, 3.8) is 0 Å². The Hall–Kier alpha value is -3.78. The maximum absolute atomic E-state index is 13.3. The first-order valence-electron chi connectivity index (χ1n) is 11.4. The average Bonchev–Trinajstić information content (AvgIpc) is 3.21. The van der Waals surface area contributed by atoms with Crippen molar-refractivity contribution < 1.29 is 9.53 Å². The minimum Gasteiger partial charge on any atom is -0.494 e. The summed E-state index contributed by atoms with van der Waals surface area (Å²) in [5.74, 6) is 1.08. The maximum Gasteiger partial charge on any atom is 0.232 e.